The van der Waals surface area contributed by atoms with Gasteiger partial charge in [0.05, 0.1) is 12.6 Å². The van der Waals surface area contributed by atoms with Gasteiger partial charge in [-0.2, -0.15) is 4.99 Å². The summed E-state index contributed by atoms with van der Waals surface area (Å²) < 4.78 is 8.03. The van der Waals surface area contributed by atoms with Crippen molar-refractivity contribution in [3.63, 3.8) is 0 Å². The number of nitrogens with one attached hydrogen (secondary N) is 1. The Bertz CT molecular complexity index is 623. The number of thiazole rings is 1. The van der Waals surface area contributed by atoms with E-state index in [1.807, 2.05) is 0 Å². The molecule has 1 N–H and O–H groups in total. The monoisotopic (exact) mass is 351 g/mol. The first-order valence-electron chi connectivity index (χ1n) is 9.27. The molecule has 6 heteroatoms. The number of hydrogen-bond donors (Lipinski definition) is 1. The fourth-order valence-electron chi connectivity index (χ4n) is 3.59. The van der Waals surface area contributed by atoms with Crippen LogP contribution in [0.3, 0.4) is 0 Å². The van der Waals surface area contributed by atoms with Gasteiger partial charge in [0, 0.05) is 23.2 Å². The third kappa shape index (κ3) is 4.48. The van der Waals surface area contributed by atoms with Crippen LogP contribution in [0.5, 0.6) is 0 Å². The number of aromatic nitrogens is 1. The summed E-state index contributed by atoms with van der Waals surface area (Å²) in [5.41, 5.74) is 1.19. The van der Waals surface area contributed by atoms with E-state index >= 15 is 0 Å². The number of hydrogen-bond acceptors (Lipinski definition) is 3. The third-order valence-electron chi connectivity index (χ3n) is 5.18. The van der Waals surface area contributed by atoms with Crippen LogP contribution < -0.4 is 10.1 Å². The van der Waals surface area contributed by atoms with E-state index in [-0.39, 0.29) is 12.1 Å². The molecule has 1 aliphatic carbocycles. The molecule has 2 heterocycles. The van der Waals surface area contributed by atoms with Crippen LogP contribution in [0.2, 0.25) is 0 Å². The van der Waals surface area contributed by atoms with Gasteiger partial charge in [-0.15, -0.1) is 11.3 Å². The van der Waals surface area contributed by atoms with E-state index < -0.39 is 0 Å². The van der Waals surface area contributed by atoms with E-state index in [1.165, 1.54) is 36.3 Å². The van der Waals surface area contributed by atoms with E-state index in [4.69, 9.17) is 4.74 Å². The van der Waals surface area contributed by atoms with Gasteiger partial charge in [0.2, 0.25) is 0 Å². The van der Waals surface area contributed by atoms with Crippen molar-refractivity contribution in [1.82, 2.24) is 9.88 Å². The molecule has 1 unspecified atom stereocenters. The summed E-state index contributed by atoms with van der Waals surface area (Å²) in [6, 6.07) is 0.105. The molecule has 1 atom stereocenters. The second-order valence-corrected chi connectivity index (χ2v) is 8.20. The van der Waals surface area contributed by atoms with Crippen molar-refractivity contribution in [1.29, 1.82) is 0 Å². The topological polar surface area (TPSA) is 55.6 Å². The lowest BCUT2D eigenvalue weighted by atomic mass is 9.96. The van der Waals surface area contributed by atoms with Crippen molar-refractivity contribution in [3.05, 3.63) is 15.4 Å². The van der Waals surface area contributed by atoms with Crippen LogP contribution in [0, 0.1) is 13.8 Å². The van der Waals surface area contributed by atoms with Gasteiger partial charge in [-0.25, -0.2) is 4.79 Å². The van der Waals surface area contributed by atoms with Crippen LogP contribution in [0.1, 0.15) is 61.9 Å². The maximum Gasteiger partial charge on any atom is 0.343 e. The number of carbonyl (C=O) groups excluding carboxylic acids is 1. The maximum atomic E-state index is 12.3. The normalized spacial score (nSPS) is 23.4. The molecular formula is C18H29N3O2S. The van der Waals surface area contributed by atoms with Gasteiger partial charge in [0.25, 0.3) is 0 Å². The van der Waals surface area contributed by atoms with Crippen LogP contribution in [0.25, 0.3) is 0 Å². The molecule has 2 amide bonds. The lowest BCUT2D eigenvalue weighted by Crippen LogP contribution is -2.36. The number of urea groups is 1. The standard InChI is InChI=1S/C18H29N3O2S/c1-13-14(2)24-18(21(13)12-16-10-6-7-11-23-16)20-17(22)19-15-8-4-3-5-9-15/h15-16H,3-12H2,1-2H3,(H,19,22). The number of rotatable bonds is 3. The molecule has 1 saturated heterocycles. The first-order chi connectivity index (χ1) is 11.6. The summed E-state index contributed by atoms with van der Waals surface area (Å²) in [7, 11) is 0. The van der Waals surface area contributed by atoms with Crippen LogP contribution >= 0.6 is 11.3 Å². The Morgan fingerprint density at radius 1 is 1.21 bits per heavy atom. The van der Waals surface area contributed by atoms with Crippen LogP contribution in [-0.4, -0.2) is 29.4 Å². The second-order valence-electron chi connectivity index (χ2n) is 7.02. The van der Waals surface area contributed by atoms with Crippen LogP contribution in [0.4, 0.5) is 4.79 Å². The fraction of sp³-hybridized carbons (Fsp3) is 0.778. The van der Waals surface area contributed by atoms with E-state index in [2.05, 4.69) is 28.7 Å². The highest BCUT2D eigenvalue weighted by Gasteiger charge is 2.19. The first-order valence-corrected chi connectivity index (χ1v) is 10.1. The van der Waals surface area contributed by atoms with E-state index in [0.29, 0.717) is 6.04 Å². The molecule has 1 aromatic heterocycles. The Balaban J connectivity index is 1.73. The minimum atomic E-state index is -0.193. The van der Waals surface area contributed by atoms with Crippen LogP contribution in [0.15, 0.2) is 4.99 Å². The average molecular weight is 352 g/mol. The largest absolute Gasteiger partial charge is 0.376 e. The lowest BCUT2D eigenvalue weighted by Gasteiger charge is -2.23. The van der Waals surface area contributed by atoms with Gasteiger partial charge in [0.15, 0.2) is 4.80 Å². The molecule has 0 aromatic carbocycles. The Kier molecular flexibility index (Phi) is 6.11. The summed E-state index contributed by atoms with van der Waals surface area (Å²) in [6.07, 6.45) is 9.59. The average Bonchev–Trinajstić information content (AvgIpc) is 2.84. The van der Waals surface area contributed by atoms with Crippen molar-refractivity contribution in [2.45, 2.75) is 83.9 Å². The van der Waals surface area contributed by atoms with E-state index in [0.717, 1.165) is 43.6 Å². The van der Waals surface area contributed by atoms with Crippen LogP contribution in [-0.2, 0) is 11.3 Å². The third-order valence-corrected chi connectivity index (χ3v) is 6.28. The molecule has 1 aromatic rings. The van der Waals surface area contributed by atoms with Gasteiger partial charge in [-0.3, -0.25) is 0 Å². The summed E-state index contributed by atoms with van der Waals surface area (Å²) in [5, 5.41) is 3.08. The van der Waals surface area contributed by atoms with Gasteiger partial charge in [-0.1, -0.05) is 19.3 Å². The van der Waals surface area contributed by atoms with Crippen molar-refractivity contribution in [3.8, 4) is 0 Å². The highest BCUT2D eigenvalue weighted by molar-refractivity contribution is 7.09. The number of aryl methyl sites for hydroxylation is 1. The van der Waals surface area contributed by atoms with E-state index in [9.17, 15) is 4.79 Å². The molecule has 1 aliphatic heterocycles. The van der Waals surface area contributed by atoms with Gasteiger partial charge in [-0.05, 0) is 46.0 Å². The van der Waals surface area contributed by atoms with Gasteiger partial charge in [0.1, 0.15) is 0 Å². The Morgan fingerprint density at radius 3 is 2.67 bits per heavy atom. The predicted molar refractivity (Wildman–Crippen MR) is 96.3 cm³/mol. The van der Waals surface area contributed by atoms with Crippen molar-refractivity contribution < 1.29 is 9.53 Å². The first kappa shape index (κ1) is 17.7. The highest BCUT2D eigenvalue weighted by atomic mass is 32.1. The summed E-state index contributed by atoms with van der Waals surface area (Å²) >= 11 is 1.60. The maximum absolute atomic E-state index is 12.3. The zero-order valence-electron chi connectivity index (χ0n) is 14.8. The number of amides is 2. The molecule has 2 fully saturated rings. The molecule has 5 nitrogen and oxygen atoms in total. The Morgan fingerprint density at radius 2 is 1.96 bits per heavy atom. The molecule has 0 spiro atoms. The molecular weight excluding hydrogens is 322 g/mol. The van der Waals surface area contributed by atoms with E-state index in [1.54, 1.807) is 11.3 Å². The minimum Gasteiger partial charge on any atom is -0.376 e. The van der Waals surface area contributed by atoms with Gasteiger partial charge < -0.3 is 14.6 Å². The number of nitrogens with zero attached hydrogens (tertiary/aromatic N) is 2. The van der Waals surface area contributed by atoms with Crippen molar-refractivity contribution >= 4 is 17.4 Å². The zero-order valence-corrected chi connectivity index (χ0v) is 15.7. The molecule has 1 saturated carbocycles. The summed E-state index contributed by atoms with van der Waals surface area (Å²) in [5.74, 6) is 0. The summed E-state index contributed by atoms with van der Waals surface area (Å²) in [6.45, 7) is 5.84. The summed E-state index contributed by atoms with van der Waals surface area (Å²) in [4.78, 5) is 18.7. The number of carbonyl (C=O) groups is 1. The molecule has 0 radical (unpaired) electrons. The molecule has 134 valence electrons. The fourth-order valence-corrected chi connectivity index (χ4v) is 4.58. The Hall–Kier alpha value is -1.14. The quantitative estimate of drug-likeness (QED) is 0.903. The predicted octanol–water partition coefficient (Wildman–Crippen LogP) is 3.68. The van der Waals surface area contributed by atoms with Gasteiger partial charge >= 0.3 is 6.03 Å². The smallest absolute Gasteiger partial charge is 0.343 e. The molecule has 24 heavy (non-hydrogen) atoms. The zero-order chi connectivity index (χ0) is 16.9. The molecule has 0 bridgehead atoms. The lowest BCUT2D eigenvalue weighted by molar-refractivity contribution is 0.00525. The SMILES string of the molecule is Cc1sc(=NC(=O)NC2CCCCC2)n(CC2CCCCO2)c1C. The minimum absolute atomic E-state index is 0.193. The van der Waals surface area contributed by atoms with Crippen molar-refractivity contribution in [2.24, 2.45) is 4.99 Å². The van der Waals surface area contributed by atoms with Crippen molar-refractivity contribution in [2.75, 3.05) is 6.61 Å². The Labute approximate surface area is 148 Å². The number of ether oxygens (including phenoxy) is 1. The molecule has 2 aliphatic rings. The highest BCUT2D eigenvalue weighted by Crippen LogP contribution is 2.18. The molecule has 3 rings (SSSR count). The second kappa shape index (κ2) is 8.30.